The number of hydrogen-bond donors (Lipinski definition) is 1. The summed E-state index contributed by atoms with van der Waals surface area (Å²) >= 11 is 0. The van der Waals surface area contributed by atoms with E-state index in [1.165, 1.54) is 0 Å². The van der Waals surface area contributed by atoms with Gasteiger partial charge in [0.2, 0.25) is 0 Å². The Kier molecular flexibility index (Phi) is 3.52. The number of hydrogen-bond acceptors (Lipinski definition) is 4. The van der Waals surface area contributed by atoms with Gasteiger partial charge in [-0.1, -0.05) is 13.8 Å². The summed E-state index contributed by atoms with van der Waals surface area (Å²) in [6.45, 7) is 6.40. The number of rotatable bonds is 5. The molecule has 0 radical (unpaired) electrons. The molecule has 0 unspecified atom stereocenters. The minimum absolute atomic E-state index is 0.192. The molecule has 5 heteroatoms. The molecular weight excluding hydrogens is 226 g/mol. The van der Waals surface area contributed by atoms with Gasteiger partial charge in [-0.25, -0.2) is 9.50 Å². The van der Waals surface area contributed by atoms with Gasteiger partial charge in [0, 0.05) is 25.5 Å². The van der Waals surface area contributed by atoms with Gasteiger partial charge >= 0.3 is 0 Å². The molecule has 0 bridgehead atoms. The first kappa shape index (κ1) is 12.8. The van der Waals surface area contributed by atoms with E-state index in [1.807, 2.05) is 16.8 Å². The topological polar surface area (TPSA) is 45.5 Å². The highest BCUT2D eigenvalue weighted by Crippen LogP contribution is 2.19. The van der Waals surface area contributed by atoms with Gasteiger partial charge in [-0.3, -0.25) is 0 Å². The molecule has 2 aromatic heterocycles. The number of nitrogens with one attached hydrogen (secondary N) is 1. The summed E-state index contributed by atoms with van der Waals surface area (Å²) in [6, 6.07) is 1.97. The maximum absolute atomic E-state index is 4.38. The summed E-state index contributed by atoms with van der Waals surface area (Å²) in [7, 11) is 4.19. The highest BCUT2D eigenvalue weighted by Gasteiger charge is 2.19. The van der Waals surface area contributed by atoms with E-state index in [4.69, 9.17) is 0 Å². The lowest BCUT2D eigenvalue weighted by Crippen LogP contribution is -2.34. The van der Waals surface area contributed by atoms with Gasteiger partial charge in [-0.2, -0.15) is 5.10 Å². The van der Waals surface area contributed by atoms with Crippen LogP contribution in [0.1, 0.15) is 13.8 Å². The lowest BCUT2D eigenvalue weighted by Gasteiger charge is -2.28. The van der Waals surface area contributed by atoms with E-state index in [2.05, 4.69) is 48.2 Å². The maximum atomic E-state index is 4.38. The van der Waals surface area contributed by atoms with Crippen LogP contribution in [-0.2, 0) is 0 Å². The molecule has 0 aromatic carbocycles. The number of fused-ring (bicyclic) bond motifs is 1. The largest absolute Gasteiger partial charge is 0.368 e. The monoisotopic (exact) mass is 247 g/mol. The zero-order chi connectivity index (χ0) is 13.2. The van der Waals surface area contributed by atoms with Gasteiger partial charge in [0.1, 0.15) is 5.52 Å². The van der Waals surface area contributed by atoms with E-state index < -0.39 is 0 Å². The molecule has 0 amide bonds. The van der Waals surface area contributed by atoms with Crippen molar-refractivity contribution in [2.24, 2.45) is 5.41 Å². The normalized spacial score (nSPS) is 12.3. The first-order chi connectivity index (χ1) is 8.48. The predicted molar refractivity (Wildman–Crippen MR) is 73.8 cm³/mol. The Balaban J connectivity index is 2.08. The summed E-state index contributed by atoms with van der Waals surface area (Å²) in [5, 5.41) is 7.62. The molecule has 0 fully saturated rings. The Morgan fingerprint density at radius 3 is 2.83 bits per heavy atom. The Morgan fingerprint density at radius 2 is 2.11 bits per heavy atom. The van der Waals surface area contributed by atoms with Crippen LogP contribution in [0.3, 0.4) is 0 Å². The first-order valence-corrected chi connectivity index (χ1v) is 6.15. The fourth-order valence-corrected chi connectivity index (χ4v) is 2.23. The molecule has 18 heavy (non-hydrogen) atoms. The third kappa shape index (κ3) is 2.98. The quantitative estimate of drug-likeness (QED) is 0.874. The van der Waals surface area contributed by atoms with Gasteiger partial charge < -0.3 is 10.2 Å². The third-order valence-corrected chi connectivity index (χ3v) is 2.80. The van der Waals surface area contributed by atoms with Crippen molar-refractivity contribution in [2.45, 2.75) is 13.8 Å². The molecule has 0 saturated carbocycles. The van der Waals surface area contributed by atoms with Gasteiger partial charge in [0.25, 0.3) is 0 Å². The van der Waals surface area contributed by atoms with Crippen molar-refractivity contribution in [2.75, 3.05) is 32.5 Å². The lowest BCUT2D eigenvalue weighted by atomic mass is 9.93. The molecule has 0 spiro atoms. The SMILES string of the molecule is CN(C)CC(C)(C)CNc1nccn2nccc12. The Morgan fingerprint density at radius 1 is 1.33 bits per heavy atom. The summed E-state index contributed by atoms with van der Waals surface area (Å²) in [4.78, 5) is 6.58. The van der Waals surface area contributed by atoms with Crippen LogP contribution in [0.5, 0.6) is 0 Å². The Labute approximate surface area is 108 Å². The minimum Gasteiger partial charge on any atom is -0.368 e. The third-order valence-electron chi connectivity index (χ3n) is 2.80. The van der Waals surface area contributed by atoms with E-state index in [0.717, 1.165) is 24.4 Å². The smallest absolute Gasteiger partial charge is 0.152 e. The molecule has 98 valence electrons. The van der Waals surface area contributed by atoms with Crippen LogP contribution in [-0.4, -0.2) is 46.7 Å². The van der Waals surface area contributed by atoms with Crippen molar-refractivity contribution < 1.29 is 0 Å². The molecule has 0 aliphatic heterocycles. The zero-order valence-electron chi connectivity index (χ0n) is 11.5. The molecule has 0 saturated heterocycles. The summed E-state index contributed by atoms with van der Waals surface area (Å²) < 4.78 is 1.83. The van der Waals surface area contributed by atoms with Crippen LogP contribution >= 0.6 is 0 Å². The van der Waals surface area contributed by atoms with Crippen LogP contribution in [0.4, 0.5) is 5.82 Å². The van der Waals surface area contributed by atoms with Crippen molar-refractivity contribution in [1.29, 1.82) is 0 Å². The standard InChI is InChI=1S/C13H21N5/c1-13(2,10-17(3)4)9-15-12-11-5-6-16-18(11)8-7-14-12/h5-8H,9-10H2,1-4H3,(H,14,15). The number of anilines is 1. The average Bonchev–Trinajstić information content (AvgIpc) is 2.72. The fraction of sp³-hybridized carbons (Fsp3) is 0.538. The van der Waals surface area contributed by atoms with Gasteiger partial charge in [-0.05, 0) is 25.6 Å². The van der Waals surface area contributed by atoms with Crippen LogP contribution in [0.25, 0.3) is 5.52 Å². The van der Waals surface area contributed by atoms with Crippen LogP contribution in [0.2, 0.25) is 0 Å². The van der Waals surface area contributed by atoms with Crippen molar-refractivity contribution in [3.63, 3.8) is 0 Å². The van der Waals surface area contributed by atoms with E-state index in [-0.39, 0.29) is 5.41 Å². The highest BCUT2D eigenvalue weighted by atomic mass is 15.2. The molecule has 0 atom stereocenters. The molecule has 2 aromatic rings. The van der Waals surface area contributed by atoms with E-state index in [0.29, 0.717) is 0 Å². The lowest BCUT2D eigenvalue weighted by molar-refractivity contribution is 0.254. The van der Waals surface area contributed by atoms with E-state index in [1.54, 1.807) is 12.4 Å². The van der Waals surface area contributed by atoms with Crippen molar-refractivity contribution in [1.82, 2.24) is 19.5 Å². The highest BCUT2D eigenvalue weighted by molar-refractivity contribution is 5.66. The van der Waals surface area contributed by atoms with E-state index in [9.17, 15) is 0 Å². The second-order valence-corrected chi connectivity index (χ2v) is 5.69. The second-order valence-electron chi connectivity index (χ2n) is 5.69. The Hall–Kier alpha value is -1.62. The summed E-state index contributed by atoms with van der Waals surface area (Å²) in [6.07, 6.45) is 5.40. The molecular formula is C13H21N5. The van der Waals surface area contributed by atoms with Crippen LogP contribution < -0.4 is 5.32 Å². The van der Waals surface area contributed by atoms with E-state index >= 15 is 0 Å². The molecule has 5 nitrogen and oxygen atoms in total. The fourth-order valence-electron chi connectivity index (χ4n) is 2.23. The summed E-state index contributed by atoms with van der Waals surface area (Å²) in [5.74, 6) is 0.891. The zero-order valence-corrected chi connectivity index (χ0v) is 11.5. The summed E-state index contributed by atoms with van der Waals surface area (Å²) in [5.41, 5.74) is 1.20. The van der Waals surface area contributed by atoms with Crippen LogP contribution in [0, 0.1) is 5.41 Å². The number of aromatic nitrogens is 3. The van der Waals surface area contributed by atoms with Crippen molar-refractivity contribution in [3.05, 3.63) is 24.7 Å². The van der Waals surface area contributed by atoms with Gasteiger partial charge in [0.15, 0.2) is 5.82 Å². The van der Waals surface area contributed by atoms with Crippen molar-refractivity contribution in [3.8, 4) is 0 Å². The van der Waals surface area contributed by atoms with Crippen LogP contribution in [0.15, 0.2) is 24.7 Å². The van der Waals surface area contributed by atoms with Gasteiger partial charge in [0.05, 0.1) is 6.20 Å². The van der Waals surface area contributed by atoms with Crippen molar-refractivity contribution >= 4 is 11.3 Å². The minimum atomic E-state index is 0.192. The average molecular weight is 247 g/mol. The first-order valence-electron chi connectivity index (χ1n) is 6.15. The molecule has 2 rings (SSSR count). The molecule has 2 heterocycles. The second kappa shape index (κ2) is 4.94. The predicted octanol–water partition coefficient (Wildman–Crippen LogP) is 1.73. The molecule has 1 N–H and O–H groups in total. The number of nitrogens with zero attached hydrogens (tertiary/aromatic N) is 4. The molecule has 0 aliphatic carbocycles. The molecule has 0 aliphatic rings. The van der Waals surface area contributed by atoms with Gasteiger partial charge in [-0.15, -0.1) is 0 Å². The Bertz CT molecular complexity index is 515. The maximum Gasteiger partial charge on any atom is 0.152 e.